The average Bonchev–Trinajstić information content (AvgIpc) is 2.14. The van der Waals surface area contributed by atoms with Crippen molar-refractivity contribution in [3.05, 3.63) is 0 Å². The maximum atomic E-state index is 9.81. The van der Waals surface area contributed by atoms with E-state index in [4.69, 9.17) is 9.47 Å². The molecule has 0 saturated carbocycles. The zero-order chi connectivity index (χ0) is 10.5. The van der Waals surface area contributed by atoms with Gasteiger partial charge in [0.2, 0.25) is 0 Å². The first-order valence-corrected chi connectivity index (χ1v) is 4.83. The summed E-state index contributed by atoms with van der Waals surface area (Å²) >= 11 is 0. The van der Waals surface area contributed by atoms with Crippen LogP contribution in [0.15, 0.2) is 0 Å². The molecule has 0 N–H and O–H groups in total. The summed E-state index contributed by atoms with van der Waals surface area (Å²) in [5.74, 6) is 0.255. The smallest absolute Gasteiger partial charge is 0.129 e. The molecule has 0 radical (unpaired) electrons. The van der Waals surface area contributed by atoms with Crippen LogP contribution in [-0.4, -0.2) is 32.2 Å². The molecule has 0 amide bonds. The lowest BCUT2D eigenvalue weighted by Crippen LogP contribution is -2.02. The molecule has 0 spiro atoms. The van der Waals surface area contributed by atoms with Crippen LogP contribution in [0.1, 0.15) is 34.1 Å². The Balaban J connectivity index is 0. The molecule has 13 heavy (non-hydrogen) atoms. The Bertz CT molecular complexity index is 96.3. The number of carbonyl (C=O) groups is 1. The Morgan fingerprint density at radius 3 is 1.46 bits per heavy atom. The summed E-state index contributed by atoms with van der Waals surface area (Å²) in [6.45, 7) is 10.4. The molecule has 0 unspecified atom stereocenters. The molecule has 3 nitrogen and oxygen atoms in total. The van der Waals surface area contributed by atoms with E-state index >= 15 is 0 Å². The molecule has 0 atom stereocenters. The molecule has 0 aliphatic carbocycles. The molecule has 0 aromatic rings. The summed E-state index contributed by atoms with van der Waals surface area (Å²) in [5, 5.41) is 0. The highest BCUT2D eigenvalue weighted by molar-refractivity contribution is 5.74. The van der Waals surface area contributed by atoms with Gasteiger partial charge >= 0.3 is 0 Å². The standard InChI is InChI=1S/C6H14O2.C4H8O/c1-3-7-5-6-8-4-2;1-3-4(2)5/h3-6H2,1-2H3;3H2,1-2H3. The van der Waals surface area contributed by atoms with Gasteiger partial charge in [0.1, 0.15) is 5.78 Å². The predicted molar refractivity (Wildman–Crippen MR) is 54.0 cm³/mol. The lowest BCUT2D eigenvalue weighted by Gasteiger charge is -1.99. The fraction of sp³-hybridized carbons (Fsp3) is 0.900. The molecule has 0 saturated heterocycles. The number of Topliss-reactive ketones (excluding diaryl/α,β-unsaturated/α-hetero) is 1. The Kier molecular flexibility index (Phi) is 16.4. The van der Waals surface area contributed by atoms with Crippen LogP contribution in [0.5, 0.6) is 0 Å². The molecule has 0 aromatic carbocycles. The van der Waals surface area contributed by atoms with Crippen LogP contribution in [0.3, 0.4) is 0 Å². The van der Waals surface area contributed by atoms with Crippen LogP contribution < -0.4 is 0 Å². The van der Waals surface area contributed by atoms with Gasteiger partial charge in [-0.05, 0) is 20.8 Å². The first kappa shape index (κ1) is 15.1. The summed E-state index contributed by atoms with van der Waals surface area (Å²) < 4.78 is 10.0. The topological polar surface area (TPSA) is 35.5 Å². The third-order valence-electron chi connectivity index (χ3n) is 1.28. The van der Waals surface area contributed by atoms with Gasteiger partial charge in [0.05, 0.1) is 13.2 Å². The van der Waals surface area contributed by atoms with Gasteiger partial charge in [-0.3, -0.25) is 0 Å². The second-order valence-corrected chi connectivity index (χ2v) is 2.45. The molecule has 0 fully saturated rings. The molecule has 3 heteroatoms. The van der Waals surface area contributed by atoms with E-state index < -0.39 is 0 Å². The molecule has 0 aromatic heterocycles. The van der Waals surface area contributed by atoms with Crippen molar-refractivity contribution in [3.8, 4) is 0 Å². The summed E-state index contributed by atoms with van der Waals surface area (Å²) in [5.41, 5.74) is 0. The average molecular weight is 190 g/mol. The van der Waals surface area contributed by atoms with E-state index in [1.54, 1.807) is 6.92 Å². The van der Waals surface area contributed by atoms with E-state index in [0.29, 0.717) is 6.42 Å². The van der Waals surface area contributed by atoms with E-state index in [0.717, 1.165) is 26.4 Å². The minimum Gasteiger partial charge on any atom is -0.379 e. The summed E-state index contributed by atoms with van der Waals surface area (Å²) in [7, 11) is 0. The van der Waals surface area contributed by atoms with Crippen molar-refractivity contribution in [3.63, 3.8) is 0 Å². The summed E-state index contributed by atoms with van der Waals surface area (Å²) in [4.78, 5) is 9.81. The quantitative estimate of drug-likeness (QED) is 0.601. The number of hydrogen-bond donors (Lipinski definition) is 0. The van der Waals surface area contributed by atoms with Gasteiger partial charge in [-0.1, -0.05) is 6.92 Å². The van der Waals surface area contributed by atoms with Crippen LogP contribution in [-0.2, 0) is 14.3 Å². The maximum absolute atomic E-state index is 9.81. The van der Waals surface area contributed by atoms with Crippen molar-refractivity contribution in [2.75, 3.05) is 26.4 Å². The van der Waals surface area contributed by atoms with E-state index in [-0.39, 0.29) is 5.78 Å². The highest BCUT2D eigenvalue weighted by atomic mass is 16.5. The third kappa shape index (κ3) is 24.5. The van der Waals surface area contributed by atoms with Crippen LogP contribution in [0.4, 0.5) is 0 Å². The molecular weight excluding hydrogens is 168 g/mol. The largest absolute Gasteiger partial charge is 0.379 e. The van der Waals surface area contributed by atoms with Crippen LogP contribution >= 0.6 is 0 Å². The minimum absolute atomic E-state index is 0.255. The van der Waals surface area contributed by atoms with Crippen molar-refractivity contribution in [1.82, 2.24) is 0 Å². The van der Waals surface area contributed by atoms with Gasteiger partial charge in [0.15, 0.2) is 0 Å². The lowest BCUT2D eigenvalue weighted by molar-refractivity contribution is -0.116. The number of ether oxygens (including phenoxy) is 2. The number of carbonyl (C=O) groups excluding carboxylic acids is 1. The van der Waals surface area contributed by atoms with Crippen LogP contribution in [0.25, 0.3) is 0 Å². The van der Waals surface area contributed by atoms with Gasteiger partial charge in [-0.25, -0.2) is 0 Å². The third-order valence-corrected chi connectivity index (χ3v) is 1.28. The number of hydrogen-bond acceptors (Lipinski definition) is 3. The van der Waals surface area contributed by atoms with Gasteiger partial charge < -0.3 is 14.3 Å². The molecule has 80 valence electrons. The van der Waals surface area contributed by atoms with Crippen LogP contribution in [0.2, 0.25) is 0 Å². The summed E-state index contributed by atoms with van der Waals surface area (Å²) in [6.07, 6.45) is 0.667. The summed E-state index contributed by atoms with van der Waals surface area (Å²) in [6, 6.07) is 0. The lowest BCUT2D eigenvalue weighted by atomic mass is 10.4. The number of rotatable bonds is 6. The van der Waals surface area contributed by atoms with E-state index in [2.05, 4.69) is 0 Å². The maximum Gasteiger partial charge on any atom is 0.129 e. The Labute approximate surface area is 81.4 Å². The van der Waals surface area contributed by atoms with E-state index in [1.807, 2.05) is 20.8 Å². The fourth-order valence-electron chi connectivity index (χ4n) is 0.407. The molecule has 0 bridgehead atoms. The fourth-order valence-corrected chi connectivity index (χ4v) is 0.407. The first-order valence-electron chi connectivity index (χ1n) is 4.83. The van der Waals surface area contributed by atoms with Crippen molar-refractivity contribution in [2.24, 2.45) is 0 Å². The Hall–Kier alpha value is -0.410. The van der Waals surface area contributed by atoms with Crippen molar-refractivity contribution < 1.29 is 14.3 Å². The zero-order valence-electron chi connectivity index (χ0n) is 9.26. The van der Waals surface area contributed by atoms with E-state index in [9.17, 15) is 4.79 Å². The molecule has 0 heterocycles. The van der Waals surface area contributed by atoms with Crippen molar-refractivity contribution >= 4 is 5.78 Å². The van der Waals surface area contributed by atoms with Gasteiger partial charge in [-0.2, -0.15) is 0 Å². The monoisotopic (exact) mass is 190 g/mol. The Morgan fingerprint density at radius 1 is 1.00 bits per heavy atom. The van der Waals surface area contributed by atoms with E-state index in [1.165, 1.54) is 0 Å². The highest BCUT2D eigenvalue weighted by Crippen LogP contribution is 1.75. The minimum atomic E-state index is 0.255. The highest BCUT2D eigenvalue weighted by Gasteiger charge is 1.81. The second-order valence-electron chi connectivity index (χ2n) is 2.45. The first-order chi connectivity index (χ1) is 6.18. The van der Waals surface area contributed by atoms with Gasteiger partial charge in [0.25, 0.3) is 0 Å². The van der Waals surface area contributed by atoms with Gasteiger partial charge in [0, 0.05) is 19.6 Å². The number of ketones is 1. The second kappa shape index (κ2) is 14.1. The SMILES string of the molecule is CCC(C)=O.CCOCCOCC. The Morgan fingerprint density at radius 2 is 1.31 bits per heavy atom. The molecule has 0 aliphatic rings. The molecule has 0 aliphatic heterocycles. The predicted octanol–water partition coefficient (Wildman–Crippen LogP) is 2.04. The van der Waals surface area contributed by atoms with Crippen molar-refractivity contribution in [2.45, 2.75) is 34.1 Å². The van der Waals surface area contributed by atoms with Crippen molar-refractivity contribution in [1.29, 1.82) is 0 Å². The van der Waals surface area contributed by atoms with Gasteiger partial charge in [-0.15, -0.1) is 0 Å². The normalized spacial score (nSPS) is 8.92. The zero-order valence-corrected chi connectivity index (χ0v) is 9.26. The van der Waals surface area contributed by atoms with Crippen LogP contribution in [0, 0.1) is 0 Å². The molecule has 0 rings (SSSR count). The molecular formula is C10H22O3.